The number of ether oxygens (including phenoxy) is 1. The number of benzene rings is 1. The summed E-state index contributed by atoms with van der Waals surface area (Å²) in [6.07, 6.45) is 3.33. The molecule has 2 aliphatic heterocycles. The van der Waals surface area contributed by atoms with Gasteiger partial charge in [0.05, 0.1) is 18.2 Å². The van der Waals surface area contributed by atoms with Crippen LogP contribution in [-0.4, -0.2) is 35.7 Å². The molecule has 1 saturated heterocycles. The first-order valence-electron chi connectivity index (χ1n) is 7.34. The first kappa shape index (κ1) is 14.0. The molecule has 0 aliphatic carbocycles. The molecule has 2 unspecified atom stereocenters. The lowest BCUT2D eigenvalue weighted by Gasteiger charge is -2.34. The number of hydrogen-bond acceptors (Lipinski definition) is 4. The van der Waals surface area contributed by atoms with Gasteiger partial charge in [0.2, 0.25) is 0 Å². The minimum absolute atomic E-state index is 0.0612. The summed E-state index contributed by atoms with van der Waals surface area (Å²) in [6.45, 7) is 3.92. The van der Waals surface area contributed by atoms with Gasteiger partial charge >= 0.3 is 0 Å². The van der Waals surface area contributed by atoms with Gasteiger partial charge in [-0.25, -0.2) is 0 Å². The maximum Gasteiger partial charge on any atom is 0.157 e. The molecule has 0 aromatic heterocycles. The molecule has 4 heteroatoms. The Hall–Kier alpha value is -1.00. The Kier molecular flexibility index (Phi) is 4.32. The molecule has 2 heterocycles. The summed E-state index contributed by atoms with van der Waals surface area (Å²) in [5, 5.41) is 4.69. The summed E-state index contributed by atoms with van der Waals surface area (Å²) in [4.78, 5) is 4.84. The molecule has 1 aromatic carbocycles. The number of thioether (sulfide) groups is 1. The van der Waals surface area contributed by atoms with Crippen molar-refractivity contribution in [3.63, 3.8) is 0 Å². The fraction of sp³-hybridized carbons (Fsp3) is 0.562. The van der Waals surface area contributed by atoms with Crippen molar-refractivity contribution < 1.29 is 4.74 Å². The molecular formula is C16H22N2OS. The Morgan fingerprint density at radius 1 is 1.40 bits per heavy atom. The van der Waals surface area contributed by atoms with E-state index in [-0.39, 0.29) is 5.54 Å². The number of nitrogens with zero attached hydrogens (tertiary/aromatic N) is 1. The molecule has 0 spiro atoms. The highest BCUT2D eigenvalue weighted by atomic mass is 32.2. The number of rotatable bonds is 3. The van der Waals surface area contributed by atoms with Crippen LogP contribution in [0, 0.1) is 0 Å². The Labute approximate surface area is 125 Å². The van der Waals surface area contributed by atoms with Crippen LogP contribution in [0.5, 0.6) is 0 Å². The Morgan fingerprint density at radius 2 is 2.25 bits per heavy atom. The molecule has 0 amide bonds. The third kappa shape index (κ3) is 3.55. The SMILES string of the molecule is CC1(NC2=NC(Cc3ccccc3)CS2)CCCOC1. The summed E-state index contributed by atoms with van der Waals surface area (Å²) < 4.78 is 5.59. The Bertz CT molecular complexity index is 469. The molecule has 0 saturated carbocycles. The Balaban J connectivity index is 1.57. The molecule has 0 radical (unpaired) electrons. The smallest absolute Gasteiger partial charge is 0.157 e. The van der Waals surface area contributed by atoms with Crippen LogP contribution < -0.4 is 5.32 Å². The van der Waals surface area contributed by atoms with E-state index in [1.165, 1.54) is 5.56 Å². The van der Waals surface area contributed by atoms with E-state index in [4.69, 9.17) is 9.73 Å². The minimum Gasteiger partial charge on any atom is -0.379 e. The van der Waals surface area contributed by atoms with E-state index < -0.39 is 0 Å². The van der Waals surface area contributed by atoms with Gasteiger partial charge in [0.25, 0.3) is 0 Å². The highest BCUT2D eigenvalue weighted by Gasteiger charge is 2.30. The molecule has 1 fully saturated rings. The lowest BCUT2D eigenvalue weighted by molar-refractivity contribution is 0.0375. The molecule has 2 aliphatic rings. The third-order valence-electron chi connectivity index (χ3n) is 3.87. The van der Waals surface area contributed by atoms with Gasteiger partial charge in [-0.15, -0.1) is 0 Å². The van der Waals surface area contributed by atoms with Crippen LogP contribution in [0.15, 0.2) is 35.3 Å². The number of aliphatic imine (C=N–C) groups is 1. The summed E-state index contributed by atoms with van der Waals surface area (Å²) in [6, 6.07) is 11.0. The quantitative estimate of drug-likeness (QED) is 0.929. The van der Waals surface area contributed by atoms with Gasteiger partial charge in [-0.3, -0.25) is 4.99 Å². The monoisotopic (exact) mass is 290 g/mol. The normalized spacial score (nSPS) is 30.1. The average molecular weight is 290 g/mol. The topological polar surface area (TPSA) is 33.6 Å². The molecule has 20 heavy (non-hydrogen) atoms. The molecule has 1 aromatic rings. The van der Waals surface area contributed by atoms with Crippen molar-refractivity contribution in [1.82, 2.24) is 5.32 Å². The molecule has 2 atom stereocenters. The maximum absolute atomic E-state index is 5.59. The summed E-state index contributed by atoms with van der Waals surface area (Å²) in [5.41, 5.74) is 1.43. The molecular weight excluding hydrogens is 268 g/mol. The van der Waals surface area contributed by atoms with Crippen molar-refractivity contribution in [2.45, 2.75) is 37.8 Å². The fourth-order valence-electron chi connectivity index (χ4n) is 2.77. The molecule has 3 rings (SSSR count). The highest BCUT2D eigenvalue weighted by Crippen LogP contribution is 2.24. The third-order valence-corrected chi connectivity index (χ3v) is 4.91. The van der Waals surface area contributed by atoms with Crippen molar-refractivity contribution in [3.05, 3.63) is 35.9 Å². The van der Waals surface area contributed by atoms with E-state index in [1.54, 1.807) is 0 Å². The van der Waals surface area contributed by atoms with E-state index in [0.717, 1.165) is 43.4 Å². The van der Waals surface area contributed by atoms with Crippen molar-refractivity contribution in [2.75, 3.05) is 19.0 Å². The van der Waals surface area contributed by atoms with Gasteiger partial charge in [0, 0.05) is 12.4 Å². The van der Waals surface area contributed by atoms with Crippen molar-refractivity contribution >= 4 is 16.9 Å². The van der Waals surface area contributed by atoms with Crippen molar-refractivity contribution in [1.29, 1.82) is 0 Å². The number of amidine groups is 1. The zero-order valence-electron chi connectivity index (χ0n) is 12.0. The molecule has 0 bridgehead atoms. The molecule has 108 valence electrons. The van der Waals surface area contributed by atoms with Crippen molar-refractivity contribution in [2.24, 2.45) is 4.99 Å². The Morgan fingerprint density at radius 3 is 3.00 bits per heavy atom. The van der Waals surface area contributed by atoms with Gasteiger partial charge in [-0.1, -0.05) is 42.1 Å². The fourth-order valence-corrected chi connectivity index (χ4v) is 3.85. The predicted molar refractivity (Wildman–Crippen MR) is 85.4 cm³/mol. The van der Waals surface area contributed by atoms with Gasteiger partial charge in [0.15, 0.2) is 5.17 Å². The second-order valence-electron chi connectivity index (χ2n) is 5.93. The standard InChI is InChI=1S/C16H22N2OS/c1-16(8-5-9-19-12-16)18-15-17-14(11-20-15)10-13-6-3-2-4-7-13/h2-4,6-7,14H,5,8-12H2,1H3,(H,17,18). The van der Waals surface area contributed by atoms with Gasteiger partial charge < -0.3 is 10.1 Å². The van der Waals surface area contributed by atoms with E-state index >= 15 is 0 Å². The van der Waals surface area contributed by atoms with Crippen LogP contribution in [0.25, 0.3) is 0 Å². The van der Waals surface area contributed by atoms with Gasteiger partial charge in [0.1, 0.15) is 0 Å². The zero-order valence-corrected chi connectivity index (χ0v) is 12.8. The van der Waals surface area contributed by atoms with Crippen LogP contribution in [0.4, 0.5) is 0 Å². The van der Waals surface area contributed by atoms with Crippen LogP contribution in [0.2, 0.25) is 0 Å². The maximum atomic E-state index is 5.59. The predicted octanol–water partition coefficient (Wildman–Crippen LogP) is 2.86. The van der Waals surface area contributed by atoms with Gasteiger partial charge in [-0.2, -0.15) is 0 Å². The lowest BCUT2D eigenvalue weighted by atomic mass is 9.95. The second kappa shape index (κ2) is 6.19. The summed E-state index contributed by atoms with van der Waals surface area (Å²) >= 11 is 1.85. The van der Waals surface area contributed by atoms with Crippen molar-refractivity contribution in [3.8, 4) is 0 Å². The van der Waals surface area contributed by atoms with Gasteiger partial charge in [-0.05, 0) is 31.7 Å². The average Bonchev–Trinajstić information content (AvgIpc) is 2.87. The minimum atomic E-state index is 0.0612. The highest BCUT2D eigenvalue weighted by molar-refractivity contribution is 8.14. The van der Waals surface area contributed by atoms with E-state index in [0.29, 0.717) is 6.04 Å². The first-order valence-corrected chi connectivity index (χ1v) is 8.33. The van der Waals surface area contributed by atoms with Crippen LogP contribution in [-0.2, 0) is 11.2 Å². The van der Waals surface area contributed by atoms with Crippen LogP contribution in [0.3, 0.4) is 0 Å². The second-order valence-corrected chi connectivity index (χ2v) is 6.94. The largest absolute Gasteiger partial charge is 0.379 e. The van der Waals surface area contributed by atoms with Crippen LogP contribution >= 0.6 is 11.8 Å². The zero-order chi connectivity index (χ0) is 13.8. The number of hydrogen-bond donors (Lipinski definition) is 1. The molecule has 3 nitrogen and oxygen atoms in total. The van der Waals surface area contributed by atoms with E-state index in [2.05, 4.69) is 42.6 Å². The summed E-state index contributed by atoms with van der Waals surface area (Å²) in [5.74, 6) is 1.08. The number of nitrogens with one attached hydrogen (secondary N) is 1. The first-order chi connectivity index (χ1) is 9.73. The van der Waals surface area contributed by atoms with E-state index in [1.807, 2.05) is 11.8 Å². The molecule has 1 N–H and O–H groups in total. The lowest BCUT2D eigenvalue weighted by Crippen LogP contribution is -2.50. The van der Waals surface area contributed by atoms with Crippen LogP contribution in [0.1, 0.15) is 25.3 Å². The van der Waals surface area contributed by atoms with E-state index in [9.17, 15) is 0 Å². The summed E-state index contributed by atoms with van der Waals surface area (Å²) in [7, 11) is 0.